The Morgan fingerprint density at radius 3 is 2.67 bits per heavy atom. The molecule has 0 aromatic rings. The zero-order valence-corrected chi connectivity index (χ0v) is 10.1. The first kappa shape index (κ1) is 11.0. The Kier molecular flexibility index (Phi) is 4.05. The summed E-state index contributed by atoms with van der Waals surface area (Å²) >= 11 is 0. The van der Waals surface area contributed by atoms with Gasteiger partial charge in [-0.2, -0.15) is 0 Å². The molecule has 84 valence electrons. The first-order chi connectivity index (χ1) is 7.36. The fourth-order valence-corrected chi connectivity index (χ4v) is 2.87. The van der Waals surface area contributed by atoms with E-state index in [4.69, 9.17) is 0 Å². The van der Waals surface area contributed by atoms with Crippen molar-refractivity contribution in [2.24, 2.45) is 5.92 Å². The molecule has 0 heterocycles. The van der Waals surface area contributed by atoms with Crippen molar-refractivity contribution in [3.05, 3.63) is 23.3 Å². The normalized spacial score (nSPS) is 28.7. The van der Waals surface area contributed by atoms with Crippen LogP contribution < -0.4 is 0 Å². The van der Waals surface area contributed by atoms with Crippen LogP contribution in [0.5, 0.6) is 0 Å². The van der Waals surface area contributed by atoms with Gasteiger partial charge in [-0.3, -0.25) is 0 Å². The predicted octanol–water partition coefficient (Wildman–Crippen LogP) is 5.01. The van der Waals surface area contributed by atoms with Gasteiger partial charge in [0.25, 0.3) is 0 Å². The lowest BCUT2D eigenvalue weighted by atomic mass is 9.92. The minimum absolute atomic E-state index is 0.905. The lowest BCUT2D eigenvalue weighted by Gasteiger charge is -2.13. The van der Waals surface area contributed by atoms with Crippen molar-refractivity contribution in [2.75, 3.05) is 0 Å². The summed E-state index contributed by atoms with van der Waals surface area (Å²) < 4.78 is 0. The summed E-state index contributed by atoms with van der Waals surface area (Å²) in [5.41, 5.74) is 3.39. The van der Waals surface area contributed by atoms with E-state index in [9.17, 15) is 0 Å². The third kappa shape index (κ3) is 3.22. The van der Waals surface area contributed by atoms with Crippen LogP contribution in [0, 0.1) is 5.92 Å². The number of hydrogen-bond acceptors (Lipinski definition) is 0. The molecule has 0 aromatic heterocycles. The second kappa shape index (κ2) is 5.53. The maximum absolute atomic E-state index is 2.53. The van der Waals surface area contributed by atoms with E-state index >= 15 is 0 Å². The molecule has 0 nitrogen and oxygen atoms in total. The van der Waals surface area contributed by atoms with Gasteiger partial charge in [0.05, 0.1) is 0 Å². The molecule has 0 fully saturated rings. The lowest BCUT2D eigenvalue weighted by molar-refractivity contribution is 0.524. The highest BCUT2D eigenvalue weighted by Gasteiger charge is 2.13. The Labute approximate surface area is 94.5 Å². The zero-order chi connectivity index (χ0) is 10.5. The maximum atomic E-state index is 2.53. The van der Waals surface area contributed by atoms with Crippen molar-refractivity contribution >= 4 is 0 Å². The highest BCUT2D eigenvalue weighted by molar-refractivity contribution is 5.32. The fraction of sp³-hybridized carbons (Fsp3) is 0.733. The first-order valence-corrected chi connectivity index (χ1v) is 6.74. The summed E-state index contributed by atoms with van der Waals surface area (Å²) in [4.78, 5) is 0. The van der Waals surface area contributed by atoms with Crippen LogP contribution in [-0.4, -0.2) is 0 Å². The van der Waals surface area contributed by atoms with E-state index < -0.39 is 0 Å². The Bertz CT molecular complexity index is 257. The van der Waals surface area contributed by atoms with E-state index in [2.05, 4.69) is 19.1 Å². The van der Waals surface area contributed by atoms with Gasteiger partial charge in [0.1, 0.15) is 0 Å². The van der Waals surface area contributed by atoms with Crippen LogP contribution in [0.2, 0.25) is 0 Å². The third-order valence-corrected chi connectivity index (χ3v) is 3.81. The molecular formula is C15H24. The van der Waals surface area contributed by atoms with Crippen LogP contribution >= 0.6 is 0 Å². The van der Waals surface area contributed by atoms with E-state index in [1.807, 2.05) is 0 Å². The minimum Gasteiger partial charge on any atom is -0.0811 e. The van der Waals surface area contributed by atoms with Crippen molar-refractivity contribution < 1.29 is 0 Å². The summed E-state index contributed by atoms with van der Waals surface area (Å²) in [5.74, 6) is 0.905. The van der Waals surface area contributed by atoms with Gasteiger partial charge in [-0.1, -0.05) is 31.9 Å². The maximum Gasteiger partial charge on any atom is -0.0254 e. The molecule has 1 atom stereocenters. The molecule has 0 amide bonds. The van der Waals surface area contributed by atoms with E-state index in [1.165, 1.54) is 57.8 Å². The quantitative estimate of drug-likeness (QED) is 0.563. The Balaban J connectivity index is 2.06. The Hall–Kier alpha value is -0.520. The molecular weight excluding hydrogens is 180 g/mol. The average Bonchev–Trinajstić information content (AvgIpc) is 2.59. The van der Waals surface area contributed by atoms with E-state index in [1.54, 1.807) is 11.1 Å². The molecule has 15 heavy (non-hydrogen) atoms. The summed E-state index contributed by atoms with van der Waals surface area (Å²) in [6, 6.07) is 0. The number of allylic oxidation sites excluding steroid dienone is 4. The largest absolute Gasteiger partial charge is 0.0811 e. The molecule has 2 aliphatic rings. The standard InChI is InChI=1S/C15H24/c1-13-8-6-7-11-15(12-13)14-9-4-2-3-5-10-14/h9,11,13H,2-8,10,12H2,1H3. The molecule has 0 N–H and O–H groups in total. The van der Waals surface area contributed by atoms with E-state index in [0.717, 1.165) is 5.92 Å². The van der Waals surface area contributed by atoms with Gasteiger partial charge in [-0.25, -0.2) is 0 Å². The average molecular weight is 204 g/mol. The second-order valence-electron chi connectivity index (χ2n) is 5.30. The van der Waals surface area contributed by atoms with Crippen molar-refractivity contribution in [3.63, 3.8) is 0 Å². The van der Waals surface area contributed by atoms with E-state index in [-0.39, 0.29) is 0 Å². The smallest absolute Gasteiger partial charge is 0.0254 e. The highest BCUT2D eigenvalue weighted by Crippen LogP contribution is 2.31. The van der Waals surface area contributed by atoms with Gasteiger partial charge in [-0.15, -0.1) is 0 Å². The molecule has 1 unspecified atom stereocenters. The van der Waals surface area contributed by atoms with Crippen LogP contribution in [0.4, 0.5) is 0 Å². The number of rotatable bonds is 1. The van der Waals surface area contributed by atoms with Crippen LogP contribution in [0.3, 0.4) is 0 Å². The Morgan fingerprint density at radius 2 is 1.73 bits per heavy atom. The number of hydrogen-bond donors (Lipinski definition) is 0. The monoisotopic (exact) mass is 204 g/mol. The van der Waals surface area contributed by atoms with Gasteiger partial charge in [-0.05, 0) is 62.0 Å². The molecule has 0 radical (unpaired) electrons. The fourth-order valence-electron chi connectivity index (χ4n) is 2.87. The second-order valence-corrected chi connectivity index (χ2v) is 5.30. The molecule has 0 aliphatic heterocycles. The summed E-state index contributed by atoms with van der Waals surface area (Å²) in [5, 5.41) is 0. The molecule has 0 spiro atoms. The van der Waals surface area contributed by atoms with Gasteiger partial charge in [0, 0.05) is 0 Å². The minimum atomic E-state index is 0.905. The van der Waals surface area contributed by atoms with Crippen molar-refractivity contribution in [1.29, 1.82) is 0 Å². The van der Waals surface area contributed by atoms with Crippen molar-refractivity contribution in [2.45, 2.75) is 64.7 Å². The van der Waals surface area contributed by atoms with Gasteiger partial charge < -0.3 is 0 Å². The summed E-state index contributed by atoms with van der Waals surface area (Å²) in [6.07, 6.45) is 17.5. The predicted molar refractivity (Wildman–Crippen MR) is 66.9 cm³/mol. The molecule has 2 rings (SSSR count). The van der Waals surface area contributed by atoms with Gasteiger partial charge in [0.2, 0.25) is 0 Å². The van der Waals surface area contributed by atoms with Crippen LogP contribution in [-0.2, 0) is 0 Å². The molecule has 0 saturated heterocycles. The van der Waals surface area contributed by atoms with Crippen molar-refractivity contribution in [1.82, 2.24) is 0 Å². The zero-order valence-electron chi connectivity index (χ0n) is 10.1. The van der Waals surface area contributed by atoms with Crippen molar-refractivity contribution in [3.8, 4) is 0 Å². The summed E-state index contributed by atoms with van der Waals surface area (Å²) in [6.45, 7) is 2.41. The Morgan fingerprint density at radius 1 is 0.933 bits per heavy atom. The lowest BCUT2D eigenvalue weighted by Crippen LogP contribution is -1.97. The first-order valence-electron chi connectivity index (χ1n) is 6.74. The third-order valence-electron chi connectivity index (χ3n) is 3.81. The van der Waals surface area contributed by atoms with Gasteiger partial charge >= 0.3 is 0 Å². The molecule has 2 aliphatic carbocycles. The van der Waals surface area contributed by atoms with E-state index in [0.29, 0.717) is 0 Å². The topological polar surface area (TPSA) is 0 Å². The SMILES string of the molecule is CC1CCCC=C(C2=CCCCCC2)C1. The van der Waals surface area contributed by atoms with Crippen LogP contribution in [0.25, 0.3) is 0 Å². The summed E-state index contributed by atoms with van der Waals surface area (Å²) in [7, 11) is 0. The molecule has 0 bridgehead atoms. The molecule has 0 saturated carbocycles. The van der Waals surface area contributed by atoms with Crippen LogP contribution in [0.1, 0.15) is 64.7 Å². The molecule has 0 aromatic carbocycles. The highest BCUT2D eigenvalue weighted by atomic mass is 14.2. The van der Waals surface area contributed by atoms with Gasteiger partial charge in [0.15, 0.2) is 0 Å². The molecule has 0 heteroatoms. The van der Waals surface area contributed by atoms with Crippen LogP contribution in [0.15, 0.2) is 23.3 Å².